The zero-order chi connectivity index (χ0) is 18.7. The molecule has 0 aliphatic heterocycles. The van der Waals surface area contributed by atoms with Gasteiger partial charge < -0.3 is 0 Å². The Bertz CT molecular complexity index is 1530. The normalized spacial score (nSPS) is 11.8. The van der Waals surface area contributed by atoms with Gasteiger partial charge in [-0.1, -0.05) is 66.7 Å². The van der Waals surface area contributed by atoms with Crippen LogP contribution in [0.1, 0.15) is 0 Å². The van der Waals surface area contributed by atoms with Crippen LogP contribution in [0.25, 0.3) is 49.5 Å². The molecular weight excluding hydrogens is 457 g/mol. The summed E-state index contributed by atoms with van der Waals surface area (Å²) in [6, 6.07) is 29.7. The third-order valence-corrected chi connectivity index (χ3v) is 6.32. The van der Waals surface area contributed by atoms with Gasteiger partial charge >= 0.3 is 0 Å². The molecule has 0 saturated heterocycles. The Morgan fingerprint density at radius 1 is 0.571 bits per heavy atom. The lowest BCUT2D eigenvalue weighted by molar-refractivity contribution is 1.12. The largest absolute Gasteiger partial charge is 0.274 e. The molecule has 0 aliphatic carbocycles. The zero-order valence-corrected chi connectivity index (χ0v) is 17.0. The van der Waals surface area contributed by atoms with Crippen LogP contribution < -0.4 is 0 Å². The molecule has 6 aromatic rings. The molecule has 3 nitrogen and oxygen atoms in total. The molecular formula is C24H14IN3. The fourth-order valence-electron chi connectivity index (χ4n) is 4.13. The summed E-state index contributed by atoms with van der Waals surface area (Å²) in [6.07, 6.45) is 0. The van der Waals surface area contributed by atoms with Crippen LogP contribution in [0.2, 0.25) is 0 Å². The van der Waals surface area contributed by atoms with Crippen molar-refractivity contribution in [2.75, 3.05) is 0 Å². The lowest BCUT2D eigenvalue weighted by atomic mass is 10.0. The third kappa shape index (κ3) is 2.15. The van der Waals surface area contributed by atoms with Gasteiger partial charge in [0, 0.05) is 19.9 Å². The predicted octanol–water partition coefficient (Wildman–Crippen LogP) is 6.46. The molecule has 6 rings (SSSR count). The molecule has 2 aromatic heterocycles. The van der Waals surface area contributed by atoms with Crippen molar-refractivity contribution < 1.29 is 0 Å². The zero-order valence-electron chi connectivity index (χ0n) is 14.8. The average Bonchev–Trinajstić information content (AvgIpc) is 3.20. The molecule has 28 heavy (non-hydrogen) atoms. The maximum absolute atomic E-state index is 4.66. The van der Waals surface area contributed by atoms with Gasteiger partial charge in [-0.25, -0.2) is 0 Å². The summed E-state index contributed by atoms with van der Waals surface area (Å²) >= 11 is 2.39. The molecule has 4 aromatic carbocycles. The molecule has 0 fully saturated rings. The molecule has 4 heteroatoms. The SMILES string of the molecule is Ic1ccc(-c2nnc3c4ccccc4c4ccccc4n23)c2ccccc12. The van der Waals surface area contributed by atoms with E-state index in [0.717, 1.165) is 27.9 Å². The van der Waals surface area contributed by atoms with Crippen LogP contribution in [0.3, 0.4) is 0 Å². The Morgan fingerprint density at radius 3 is 2.04 bits per heavy atom. The van der Waals surface area contributed by atoms with Crippen LogP contribution in [0.15, 0.2) is 84.9 Å². The van der Waals surface area contributed by atoms with Crippen molar-refractivity contribution in [3.8, 4) is 11.4 Å². The second-order valence-corrected chi connectivity index (χ2v) is 8.05. The monoisotopic (exact) mass is 471 g/mol. The van der Waals surface area contributed by atoms with Crippen molar-refractivity contribution in [2.45, 2.75) is 0 Å². The molecule has 0 bridgehead atoms. The summed E-state index contributed by atoms with van der Waals surface area (Å²) < 4.78 is 3.44. The second-order valence-electron chi connectivity index (χ2n) is 6.89. The van der Waals surface area contributed by atoms with E-state index in [9.17, 15) is 0 Å². The summed E-state index contributed by atoms with van der Waals surface area (Å²) in [6.45, 7) is 0. The van der Waals surface area contributed by atoms with E-state index in [0.29, 0.717) is 0 Å². The van der Waals surface area contributed by atoms with Crippen molar-refractivity contribution in [1.29, 1.82) is 0 Å². The van der Waals surface area contributed by atoms with E-state index in [4.69, 9.17) is 0 Å². The van der Waals surface area contributed by atoms with Gasteiger partial charge in [0.1, 0.15) is 0 Å². The van der Waals surface area contributed by atoms with Gasteiger partial charge in [0.25, 0.3) is 0 Å². The minimum Gasteiger partial charge on any atom is -0.274 e. The summed E-state index contributed by atoms with van der Waals surface area (Å²) in [5.74, 6) is 0.879. The number of hydrogen-bond acceptors (Lipinski definition) is 2. The summed E-state index contributed by atoms with van der Waals surface area (Å²) in [7, 11) is 0. The summed E-state index contributed by atoms with van der Waals surface area (Å²) in [5.41, 5.74) is 3.12. The first-order chi connectivity index (χ1) is 13.8. The molecule has 0 saturated carbocycles. The van der Waals surface area contributed by atoms with Crippen molar-refractivity contribution in [3.63, 3.8) is 0 Å². The van der Waals surface area contributed by atoms with Crippen molar-refractivity contribution in [2.24, 2.45) is 0 Å². The lowest BCUT2D eigenvalue weighted by Crippen LogP contribution is -1.95. The maximum atomic E-state index is 4.66. The first kappa shape index (κ1) is 16.0. The third-order valence-electron chi connectivity index (χ3n) is 5.38. The number of hydrogen-bond donors (Lipinski definition) is 0. The Morgan fingerprint density at radius 2 is 1.21 bits per heavy atom. The number of para-hydroxylation sites is 1. The van der Waals surface area contributed by atoms with Crippen LogP contribution in [-0.2, 0) is 0 Å². The first-order valence-electron chi connectivity index (χ1n) is 9.15. The highest BCUT2D eigenvalue weighted by atomic mass is 127. The predicted molar refractivity (Wildman–Crippen MR) is 124 cm³/mol. The molecule has 132 valence electrons. The topological polar surface area (TPSA) is 30.2 Å². The van der Waals surface area contributed by atoms with E-state index in [-0.39, 0.29) is 0 Å². The van der Waals surface area contributed by atoms with Crippen molar-refractivity contribution >= 4 is 60.7 Å². The second kappa shape index (κ2) is 6.01. The summed E-state index contributed by atoms with van der Waals surface area (Å²) in [5, 5.41) is 15.2. The highest BCUT2D eigenvalue weighted by Gasteiger charge is 2.17. The molecule has 0 radical (unpaired) electrons. The lowest BCUT2D eigenvalue weighted by Gasteiger charge is -2.11. The van der Waals surface area contributed by atoms with Crippen LogP contribution in [0.4, 0.5) is 0 Å². The molecule has 0 spiro atoms. The van der Waals surface area contributed by atoms with E-state index in [1.807, 2.05) is 0 Å². The Kier molecular flexibility index (Phi) is 3.43. The number of halogens is 1. The molecule has 0 N–H and O–H groups in total. The molecule has 0 amide bonds. The number of pyridine rings is 1. The standard InChI is InChI=1S/C24H14IN3/c25-21-14-13-20(15-7-1-3-9-17(15)21)24-27-26-23-19-11-4-2-8-16(19)18-10-5-6-12-22(18)28(23)24/h1-14H. The van der Waals surface area contributed by atoms with E-state index < -0.39 is 0 Å². The molecule has 2 heterocycles. The smallest absolute Gasteiger partial charge is 0.169 e. The van der Waals surface area contributed by atoms with Crippen LogP contribution in [0.5, 0.6) is 0 Å². The van der Waals surface area contributed by atoms with Gasteiger partial charge in [-0.2, -0.15) is 0 Å². The number of aromatic nitrogens is 3. The fourth-order valence-corrected chi connectivity index (χ4v) is 4.78. The van der Waals surface area contributed by atoms with Crippen molar-refractivity contribution in [1.82, 2.24) is 14.6 Å². The molecule has 0 atom stereocenters. The van der Waals surface area contributed by atoms with E-state index in [2.05, 4.69) is 122 Å². The number of nitrogens with zero attached hydrogens (tertiary/aromatic N) is 3. The van der Waals surface area contributed by atoms with Gasteiger partial charge in [0.15, 0.2) is 11.5 Å². The van der Waals surface area contributed by atoms with Gasteiger partial charge in [0.2, 0.25) is 0 Å². The van der Waals surface area contributed by atoms with E-state index in [1.165, 1.54) is 25.1 Å². The van der Waals surface area contributed by atoms with Crippen LogP contribution >= 0.6 is 22.6 Å². The van der Waals surface area contributed by atoms with Gasteiger partial charge in [-0.3, -0.25) is 4.40 Å². The van der Waals surface area contributed by atoms with Crippen LogP contribution in [-0.4, -0.2) is 14.6 Å². The Balaban J connectivity index is 1.84. The maximum Gasteiger partial charge on any atom is 0.169 e. The van der Waals surface area contributed by atoms with Gasteiger partial charge in [0.05, 0.1) is 5.52 Å². The number of fused-ring (bicyclic) bond motifs is 7. The minimum absolute atomic E-state index is 0.879. The Hall–Kier alpha value is -2.99. The number of rotatable bonds is 1. The van der Waals surface area contributed by atoms with Gasteiger partial charge in [-0.05, 0) is 56.9 Å². The van der Waals surface area contributed by atoms with Crippen molar-refractivity contribution in [3.05, 3.63) is 88.5 Å². The fraction of sp³-hybridized carbons (Fsp3) is 0. The number of benzene rings is 4. The highest BCUT2D eigenvalue weighted by molar-refractivity contribution is 14.1. The van der Waals surface area contributed by atoms with Gasteiger partial charge in [-0.15, -0.1) is 10.2 Å². The molecule has 0 aliphatic rings. The van der Waals surface area contributed by atoms with E-state index >= 15 is 0 Å². The first-order valence-corrected chi connectivity index (χ1v) is 10.2. The summed E-state index contributed by atoms with van der Waals surface area (Å²) in [4.78, 5) is 0. The average molecular weight is 471 g/mol. The van der Waals surface area contributed by atoms with Crippen LogP contribution in [0, 0.1) is 3.57 Å². The quantitative estimate of drug-likeness (QED) is 0.204. The highest BCUT2D eigenvalue weighted by Crippen LogP contribution is 2.35. The minimum atomic E-state index is 0.879. The van der Waals surface area contributed by atoms with E-state index in [1.54, 1.807) is 0 Å². The molecule has 0 unspecified atom stereocenters. The Labute approximate surface area is 174 Å².